The molecule has 0 aromatic rings. The first-order valence-corrected chi connectivity index (χ1v) is 21.9. The van der Waals surface area contributed by atoms with Crippen molar-refractivity contribution in [2.75, 3.05) is 31.1 Å². The number of hydrogen-bond donors (Lipinski definition) is 1. The van der Waals surface area contributed by atoms with Crippen molar-refractivity contribution in [1.82, 2.24) is 10.2 Å². The lowest BCUT2D eigenvalue weighted by Crippen LogP contribution is -2.69. The van der Waals surface area contributed by atoms with Gasteiger partial charge in [0, 0.05) is 42.0 Å². The van der Waals surface area contributed by atoms with Crippen LogP contribution >= 0.6 is 0 Å². The topological polar surface area (TPSA) is 81.7 Å². The standard InChI is InChI=1S/C42H70N2O4S/c1-36(2,44-21-23-49(47)24-22-44)27-43-42-16-10-11-30(42)29-12-13-33-39(7)17-15-34(48-35(46)31-25-28(26-45)37(31,3)4)38(5,6)32(39)14-18-41(33,9)40(29,8)19-20-42/h26,28-34,43H,10-25,27H2,1-9H3/t28?,29?,30?,31?,32?,33?,34?,39?,40-,41?,42?/m1/s1. The molecule has 0 radical (unpaired) electrons. The van der Waals surface area contributed by atoms with Gasteiger partial charge in [-0.15, -0.1) is 0 Å². The number of nitrogens with zero attached hydrogens (tertiary/aromatic N) is 1. The molecule has 1 saturated heterocycles. The van der Waals surface area contributed by atoms with Gasteiger partial charge in [0.1, 0.15) is 23.9 Å². The highest BCUT2D eigenvalue weighted by atomic mass is 32.2. The third-order valence-electron chi connectivity index (χ3n) is 18.3. The van der Waals surface area contributed by atoms with Crippen LogP contribution in [0.1, 0.15) is 139 Å². The Bertz CT molecular complexity index is 1290. The normalized spacial score (nSPS) is 47.9. The number of esters is 1. The maximum absolute atomic E-state index is 13.5. The summed E-state index contributed by atoms with van der Waals surface area (Å²) in [5.74, 6) is 4.18. The fraction of sp³-hybridized carbons (Fsp3) is 0.952. The summed E-state index contributed by atoms with van der Waals surface area (Å²) in [5, 5.41) is 4.32. The van der Waals surface area contributed by atoms with Crippen molar-refractivity contribution >= 4 is 23.4 Å². The third kappa shape index (κ3) is 5.40. The Hall–Kier alpha value is -0.630. The zero-order valence-corrected chi connectivity index (χ0v) is 33.4. The Morgan fingerprint density at radius 2 is 1.57 bits per heavy atom. The average Bonchev–Trinajstić information content (AvgIpc) is 3.46. The molecule has 1 heterocycles. The highest BCUT2D eigenvalue weighted by Gasteiger charge is 2.70. The van der Waals surface area contributed by atoms with Gasteiger partial charge >= 0.3 is 5.97 Å². The van der Waals surface area contributed by atoms with Crippen LogP contribution in [0.5, 0.6) is 0 Å². The van der Waals surface area contributed by atoms with Crippen LogP contribution in [0.25, 0.3) is 0 Å². The molecule has 6 nitrogen and oxygen atoms in total. The molecular weight excluding hydrogens is 629 g/mol. The van der Waals surface area contributed by atoms with Gasteiger partial charge in [0.2, 0.25) is 0 Å². The van der Waals surface area contributed by atoms with Crippen molar-refractivity contribution < 1.29 is 18.9 Å². The summed E-state index contributed by atoms with van der Waals surface area (Å²) in [5.41, 5.74) is 0.937. The molecule has 7 fully saturated rings. The van der Waals surface area contributed by atoms with E-state index in [-0.39, 0.29) is 51.2 Å². The van der Waals surface area contributed by atoms with E-state index in [9.17, 15) is 14.1 Å². The molecule has 0 aromatic heterocycles. The van der Waals surface area contributed by atoms with Crippen molar-refractivity contribution in [3.05, 3.63) is 0 Å². The monoisotopic (exact) mass is 699 g/mol. The lowest BCUT2D eigenvalue weighted by Gasteiger charge is -2.72. The second-order valence-electron chi connectivity index (χ2n) is 21.0. The number of ether oxygens (including phenoxy) is 1. The Labute approximate surface area is 302 Å². The first kappa shape index (κ1) is 36.7. The molecule has 0 amide bonds. The minimum absolute atomic E-state index is 0.0365. The Morgan fingerprint density at radius 3 is 2.24 bits per heavy atom. The molecule has 6 aliphatic carbocycles. The zero-order chi connectivity index (χ0) is 35.4. The van der Waals surface area contributed by atoms with E-state index in [4.69, 9.17) is 4.74 Å². The smallest absolute Gasteiger partial charge is 0.309 e. The Morgan fingerprint density at radius 1 is 0.857 bits per heavy atom. The lowest BCUT2D eigenvalue weighted by molar-refractivity contribution is -0.247. The largest absolute Gasteiger partial charge is 0.616 e. The summed E-state index contributed by atoms with van der Waals surface area (Å²) in [6.45, 7) is 24.8. The molecule has 0 spiro atoms. The SMILES string of the molecule is CC1(C)C(C=O)CC1C(=O)OC1CCC2(C)C(CCC3(C)C2CCC2C4CCCC4(NCC(C)(C)N4CC[S+]([O-])CC4)CC[C@]23C)C1(C)C. The van der Waals surface area contributed by atoms with Crippen LogP contribution in [0.4, 0.5) is 0 Å². The van der Waals surface area contributed by atoms with Gasteiger partial charge in [-0.25, -0.2) is 0 Å². The van der Waals surface area contributed by atoms with E-state index in [0.717, 1.165) is 62.1 Å². The lowest BCUT2D eigenvalue weighted by atomic mass is 9.33. The van der Waals surface area contributed by atoms with Gasteiger partial charge in [-0.1, -0.05) is 66.1 Å². The summed E-state index contributed by atoms with van der Waals surface area (Å²) >= 11 is -0.637. The molecular formula is C42H70N2O4S. The van der Waals surface area contributed by atoms with Gasteiger partial charge < -0.3 is 19.4 Å². The van der Waals surface area contributed by atoms with E-state index in [0.29, 0.717) is 29.1 Å². The van der Waals surface area contributed by atoms with Gasteiger partial charge in [0.25, 0.3) is 0 Å². The number of rotatable bonds is 7. The summed E-state index contributed by atoms with van der Waals surface area (Å²) in [6.07, 6.45) is 15.7. The van der Waals surface area contributed by atoms with Crippen molar-refractivity contribution in [2.45, 2.75) is 157 Å². The van der Waals surface area contributed by atoms with Gasteiger partial charge in [0.05, 0.1) is 5.92 Å². The van der Waals surface area contributed by atoms with Gasteiger partial charge in [-0.05, 0) is 130 Å². The molecule has 0 aromatic carbocycles. The van der Waals surface area contributed by atoms with E-state index in [1.54, 1.807) is 0 Å². The van der Waals surface area contributed by atoms with E-state index in [1.807, 2.05) is 0 Å². The van der Waals surface area contributed by atoms with Crippen LogP contribution in [-0.2, 0) is 25.5 Å². The van der Waals surface area contributed by atoms with Crippen LogP contribution in [0.2, 0.25) is 0 Å². The third-order valence-corrected chi connectivity index (χ3v) is 19.5. The van der Waals surface area contributed by atoms with Gasteiger partial charge in [-0.2, -0.15) is 0 Å². The molecule has 49 heavy (non-hydrogen) atoms. The van der Waals surface area contributed by atoms with E-state index < -0.39 is 11.2 Å². The van der Waals surface area contributed by atoms with Crippen molar-refractivity contribution in [3.63, 3.8) is 0 Å². The quantitative estimate of drug-likeness (QED) is 0.166. The minimum atomic E-state index is -0.637. The minimum Gasteiger partial charge on any atom is -0.616 e. The van der Waals surface area contributed by atoms with Crippen molar-refractivity contribution in [3.8, 4) is 0 Å². The molecule has 6 saturated carbocycles. The zero-order valence-electron chi connectivity index (χ0n) is 32.6. The number of nitrogens with one attached hydrogen (secondary N) is 1. The molecule has 7 heteroatoms. The fourth-order valence-corrected chi connectivity index (χ4v) is 15.7. The van der Waals surface area contributed by atoms with Crippen LogP contribution in [0.3, 0.4) is 0 Å². The molecule has 11 atom stereocenters. The van der Waals surface area contributed by atoms with Crippen LogP contribution in [-0.4, -0.2) is 70.0 Å². The average molecular weight is 699 g/mol. The highest BCUT2D eigenvalue weighted by molar-refractivity contribution is 7.91. The van der Waals surface area contributed by atoms with Crippen molar-refractivity contribution in [1.29, 1.82) is 0 Å². The summed E-state index contributed by atoms with van der Waals surface area (Å²) < 4.78 is 18.5. The summed E-state index contributed by atoms with van der Waals surface area (Å²) in [6, 6.07) is 0. The van der Waals surface area contributed by atoms with E-state index in [1.165, 1.54) is 57.8 Å². The number of carbonyl (C=O) groups excluding carboxylic acids is 2. The van der Waals surface area contributed by atoms with E-state index in [2.05, 4.69) is 72.5 Å². The second-order valence-corrected chi connectivity index (χ2v) is 22.7. The summed E-state index contributed by atoms with van der Waals surface area (Å²) in [4.78, 5) is 27.7. The van der Waals surface area contributed by atoms with Crippen molar-refractivity contribution in [2.24, 2.45) is 62.6 Å². The van der Waals surface area contributed by atoms with Crippen LogP contribution < -0.4 is 5.32 Å². The molecule has 7 aliphatic rings. The number of hydrogen-bond acceptors (Lipinski definition) is 6. The Balaban J connectivity index is 1.06. The first-order valence-electron chi connectivity index (χ1n) is 20.4. The van der Waals surface area contributed by atoms with E-state index >= 15 is 0 Å². The van der Waals surface area contributed by atoms with Gasteiger partial charge in [0.15, 0.2) is 0 Å². The predicted molar refractivity (Wildman–Crippen MR) is 198 cm³/mol. The first-order chi connectivity index (χ1) is 22.9. The predicted octanol–water partition coefficient (Wildman–Crippen LogP) is 7.80. The van der Waals surface area contributed by atoms with Crippen LogP contribution in [0, 0.1) is 62.6 Å². The fourth-order valence-electron chi connectivity index (χ4n) is 14.6. The molecule has 278 valence electrons. The number of fused-ring (bicyclic) bond motifs is 7. The van der Waals surface area contributed by atoms with Crippen LogP contribution in [0.15, 0.2) is 0 Å². The molecule has 1 N–H and O–H groups in total. The number of aldehydes is 1. The molecule has 1 aliphatic heterocycles. The molecule has 7 rings (SSSR count). The second kappa shape index (κ2) is 12.2. The number of carbonyl (C=O) groups is 2. The highest BCUT2D eigenvalue weighted by Crippen LogP contribution is 2.76. The summed E-state index contributed by atoms with van der Waals surface area (Å²) in [7, 11) is 0. The molecule has 0 bridgehead atoms. The Kier molecular flexibility index (Phi) is 9.14. The van der Waals surface area contributed by atoms with Gasteiger partial charge in [-0.3, -0.25) is 9.69 Å². The maximum atomic E-state index is 13.5. The maximum Gasteiger partial charge on any atom is 0.309 e. The molecule has 10 unspecified atom stereocenters.